The number of nitrogens with two attached hydrogens (primary N) is 1. The summed E-state index contributed by atoms with van der Waals surface area (Å²) in [4.78, 5) is 0. The maximum atomic E-state index is 5.91. The van der Waals surface area contributed by atoms with E-state index >= 15 is 0 Å². The van der Waals surface area contributed by atoms with Crippen molar-refractivity contribution in [1.82, 2.24) is 9.78 Å². The highest BCUT2D eigenvalue weighted by atomic mass is 15.3. The average molecular weight is 271 g/mol. The van der Waals surface area contributed by atoms with Gasteiger partial charge in [-0.1, -0.05) is 0 Å². The first-order valence-corrected chi connectivity index (χ1v) is 8.55. The first-order chi connectivity index (χ1) is 9.76. The molecule has 4 bridgehead atoms. The zero-order chi connectivity index (χ0) is 13.3. The molecular weight excluding hydrogens is 246 g/mol. The van der Waals surface area contributed by atoms with E-state index in [1.54, 1.807) is 0 Å². The van der Waals surface area contributed by atoms with Crippen LogP contribution in [0.15, 0.2) is 6.20 Å². The first kappa shape index (κ1) is 11.8. The van der Waals surface area contributed by atoms with Crippen molar-refractivity contribution in [2.75, 3.05) is 6.54 Å². The van der Waals surface area contributed by atoms with Gasteiger partial charge in [0.05, 0.1) is 11.2 Å². The van der Waals surface area contributed by atoms with Crippen molar-refractivity contribution in [3.8, 4) is 0 Å². The molecule has 108 valence electrons. The van der Waals surface area contributed by atoms with Crippen LogP contribution in [0.25, 0.3) is 0 Å². The normalized spacial score (nSPS) is 45.0. The summed E-state index contributed by atoms with van der Waals surface area (Å²) in [6.07, 6.45) is 13.5. The molecule has 0 saturated heterocycles. The minimum absolute atomic E-state index is 0.387. The molecule has 1 aromatic rings. The van der Waals surface area contributed by atoms with Crippen molar-refractivity contribution >= 4 is 0 Å². The Morgan fingerprint density at radius 3 is 2.40 bits per heavy atom. The monoisotopic (exact) mass is 271 g/mol. The Bertz CT molecular complexity index is 509. The zero-order valence-electron chi connectivity index (χ0n) is 12.2. The highest BCUT2D eigenvalue weighted by Gasteiger charge is 2.52. The Labute approximate surface area is 120 Å². The summed E-state index contributed by atoms with van der Waals surface area (Å²) in [6.45, 7) is 0.769. The molecule has 20 heavy (non-hydrogen) atoms. The fourth-order valence-electron chi connectivity index (χ4n) is 6.24. The lowest BCUT2D eigenvalue weighted by Gasteiger charge is -2.56. The van der Waals surface area contributed by atoms with Gasteiger partial charge in [0.15, 0.2) is 0 Å². The van der Waals surface area contributed by atoms with Crippen LogP contribution in [0.2, 0.25) is 0 Å². The quantitative estimate of drug-likeness (QED) is 0.899. The molecule has 5 aliphatic rings. The molecule has 0 spiro atoms. The number of nitrogens with zero attached hydrogens (tertiary/aromatic N) is 2. The van der Waals surface area contributed by atoms with Crippen molar-refractivity contribution in [2.45, 2.75) is 62.8 Å². The van der Waals surface area contributed by atoms with Crippen LogP contribution < -0.4 is 5.73 Å². The molecule has 0 radical (unpaired) electrons. The summed E-state index contributed by atoms with van der Waals surface area (Å²) in [5.41, 5.74) is 9.13. The number of rotatable bonds is 2. The first-order valence-electron chi connectivity index (χ1n) is 8.55. The second-order valence-corrected chi connectivity index (χ2v) is 8.10. The van der Waals surface area contributed by atoms with Gasteiger partial charge in [0, 0.05) is 18.7 Å². The van der Waals surface area contributed by atoms with Crippen LogP contribution in [0.4, 0.5) is 0 Å². The number of fused-ring (bicyclic) bond motifs is 1. The van der Waals surface area contributed by atoms with Gasteiger partial charge in [-0.25, -0.2) is 0 Å². The van der Waals surface area contributed by atoms with Gasteiger partial charge in [0.2, 0.25) is 0 Å². The third-order valence-electron chi connectivity index (χ3n) is 6.75. The predicted molar refractivity (Wildman–Crippen MR) is 78.5 cm³/mol. The van der Waals surface area contributed by atoms with E-state index in [1.165, 1.54) is 62.6 Å². The molecule has 6 rings (SSSR count). The largest absolute Gasteiger partial charge is 0.330 e. The fourth-order valence-corrected chi connectivity index (χ4v) is 6.24. The third kappa shape index (κ3) is 1.47. The standard InChI is InChI=1S/C17H25N3/c18-9-14-1-2-15-10-20(19-16(14)15)17-6-11-3-12(7-17)5-13(4-11)8-17/h10-14H,1-9,18H2. The Morgan fingerprint density at radius 2 is 1.80 bits per heavy atom. The lowest BCUT2D eigenvalue weighted by molar-refractivity contribution is -0.0497. The zero-order valence-corrected chi connectivity index (χ0v) is 12.2. The van der Waals surface area contributed by atoms with E-state index in [-0.39, 0.29) is 0 Å². The molecule has 1 aromatic heterocycles. The van der Waals surface area contributed by atoms with E-state index in [2.05, 4.69) is 10.9 Å². The maximum Gasteiger partial charge on any atom is 0.0700 e. The second-order valence-electron chi connectivity index (χ2n) is 8.10. The predicted octanol–water partition coefficient (Wildman–Crippen LogP) is 2.80. The second kappa shape index (κ2) is 3.88. The smallest absolute Gasteiger partial charge is 0.0700 e. The van der Waals surface area contributed by atoms with Gasteiger partial charge < -0.3 is 5.73 Å². The summed E-state index contributed by atoms with van der Waals surface area (Å²) in [5.74, 6) is 3.50. The van der Waals surface area contributed by atoms with Gasteiger partial charge in [-0.05, 0) is 74.7 Å². The van der Waals surface area contributed by atoms with E-state index < -0.39 is 0 Å². The minimum Gasteiger partial charge on any atom is -0.330 e. The van der Waals surface area contributed by atoms with Crippen molar-refractivity contribution in [2.24, 2.45) is 23.5 Å². The Morgan fingerprint density at radius 1 is 1.15 bits per heavy atom. The third-order valence-corrected chi connectivity index (χ3v) is 6.75. The molecule has 0 aliphatic heterocycles. The van der Waals surface area contributed by atoms with Crippen molar-refractivity contribution in [3.63, 3.8) is 0 Å². The molecule has 1 heterocycles. The van der Waals surface area contributed by atoms with Crippen LogP contribution in [0, 0.1) is 17.8 Å². The van der Waals surface area contributed by atoms with Crippen LogP contribution in [-0.4, -0.2) is 16.3 Å². The van der Waals surface area contributed by atoms with E-state index in [1.807, 2.05) is 0 Å². The fraction of sp³-hybridized carbons (Fsp3) is 0.824. The minimum atomic E-state index is 0.387. The Hall–Kier alpha value is -0.830. The highest BCUT2D eigenvalue weighted by Crippen LogP contribution is 2.58. The van der Waals surface area contributed by atoms with E-state index in [4.69, 9.17) is 10.8 Å². The number of aryl methyl sites for hydroxylation is 1. The summed E-state index contributed by atoms with van der Waals surface area (Å²) < 4.78 is 2.42. The van der Waals surface area contributed by atoms with Crippen LogP contribution in [0.5, 0.6) is 0 Å². The molecule has 4 saturated carbocycles. The van der Waals surface area contributed by atoms with E-state index in [0.717, 1.165) is 24.3 Å². The average Bonchev–Trinajstić information content (AvgIpc) is 2.96. The number of hydrogen-bond acceptors (Lipinski definition) is 2. The number of aromatic nitrogens is 2. The topological polar surface area (TPSA) is 43.8 Å². The molecule has 5 aliphatic carbocycles. The number of hydrogen-bond donors (Lipinski definition) is 1. The van der Waals surface area contributed by atoms with Gasteiger partial charge in [0.25, 0.3) is 0 Å². The van der Waals surface area contributed by atoms with Gasteiger partial charge >= 0.3 is 0 Å². The summed E-state index contributed by atoms with van der Waals surface area (Å²) in [5, 5.41) is 5.07. The molecule has 4 fully saturated rings. The van der Waals surface area contributed by atoms with Gasteiger partial charge in [-0.2, -0.15) is 5.10 Å². The van der Waals surface area contributed by atoms with Crippen molar-refractivity contribution < 1.29 is 0 Å². The molecule has 3 nitrogen and oxygen atoms in total. The SMILES string of the molecule is NCC1CCc2cn(C34CC5CC(CC(C5)C3)C4)nc21. The molecule has 1 unspecified atom stereocenters. The summed E-state index contributed by atoms with van der Waals surface area (Å²) in [6, 6.07) is 0. The van der Waals surface area contributed by atoms with E-state index in [0.29, 0.717) is 11.5 Å². The van der Waals surface area contributed by atoms with Crippen LogP contribution in [0.1, 0.15) is 62.1 Å². The Balaban J connectivity index is 1.54. The van der Waals surface area contributed by atoms with Crippen LogP contribution >= 0.6 is 0 Å². The summed E-state index contributed by atoms with van der Waals surface area (Å²) in [7, 11) is 0. The van der Waals surface area contributed by atoms with Gasteiger partial charge in [-0.15, -0.1) is 0 Å². The van der Waals surface area contributed by atoms with Crippen LogP contribution in [-0.2, 0) is 12.0 Å². The molecule has 1 atom stereocenters. The Kier molecular flexibility index (Phi) is 2.29. The van der Waals surface area contributed by atoms with Gasteiger partial charge in [0.1, 0.15) is 0 Å². The van der Waals surface area contributed by atoms with Gasteiger partial charge in [-0.3, -0.25) is 4.68 Å². The van der Waals surface area contributed by atoms with Crippen molar-refractivity contribution in [3.05, 3.63) is 17.5 Å². The van der Waals surface area contributed by atoms with Crippen molar-refractivity contribution in [1.29, 1.82) is 0 Å². The highest BCUT2D eigenvalue weighted by molar-refractivity contribution is 5.28. The molecule has 2 N–H and O–H groups in total. The summed E-state index contributed by atoms with van der Waals surface area (Å²) >= 11 is 0. The molecular formula is C17H25N3. The van der Waals surface area contributed by atoms with E-state index in [9.17, 15) is 0 Å². The molecule has 0 amide bonds. The molecule has 3 heteroatoms. The molecule has 0 aromatic carbocycles. The maximum absolute atomic E-state index is 5.91. The van der Waals surface area contributed by atoms with Crippen LogP contribution in [0.3, 0.4) is 0 Å². The lowest BCUT2D eigenvalue weighted by atomic mass is 9.53. The lowest BCUT2D eigenvalue weighted by Crippen LogP contribution is -2.52.